The van der Waals surface area contributed by atoms with Gasteiger partial charge in [0.25, 0.3) is 0 Å². The van der Waals surface area contributed by atoms with Gasteiger partial charge in [-0.2, -0.15) is 5.10 Å². The zero-order valence-corrected chi connectivity index (χ0v) is 18.3. The Bertz CT molecular complexity index is 914. The molecule has 0 amide bonds. The molecule has 0 unspecified atom stereocenters. The largest absolute Gasteiger partial charge is 0.490 e. The van der Waals surface area contributed by atoms with Crippen molar-refractivity contribution >= 4 is 57.2 Å². The number of hydrogen-bond acceptors (Lipinski definition) is 6. The molecule has 0 fully saturated rings. The summed E-state index contributed by atoms with van der Waals surface area (Å²) >= 11 is 15.8. The molecule has 0 aliphatic carbocycles. The summed E-state index contributed by atoms with van der Waals surface area (Å²) < 4.78 is 5.68. The number of rotatable bonds is 7. The molecule has 0 atom stereocenters. The van der Waals surface area contributed by atoms with Gasteiger partial charge >= 0.3 is 0 Å². The number of aryl methyl sites for hydroxylation is 1. The first-order valence-corrected chi connectivity index (χ1v) is 10.8. The maximum Gasteiger partial charge on any atom is 0.204 e. The number of benzene rings is 1. The van der Waals surface area contributed by atoms with Crippen LogP contribution in [0.4, 0.5) is 5.13 Å². The van der Waals surface area contributed by atoms with Gasteiger partial charge in [-0.1, -0.05) is 43.1 Å². The summed E-state index contributed by atoms with van der Waals surface area (Å²) in [5.74, 6) is 0.900. The quantitative estimate of drug-likeness (QED) is 0.319. The second-order valence-electron chi connectivity index (χ2n) is 6.29. The Kier molecular flexibility index (Phi) is 6.76. The zero-order valence-electron chi connectivity index (χ0n) is 15.1. The summed E-state index contributed by atoms with van der Waals surface area (Å²) in [7, 11) is 0. The molecule has 142 valence electrons. The molecular weight excluding hydrogens is 421 g/mol. The smallest absolute Gasteiger partial charge is 0.204 e. The van der Waals surface area contributed by atoms with Gasteiger partial charge in [-0.05, 0) is 42.0 Å². The SMILES string of the molecule is Cc1sc(N/N=C\c2cc(Cl)c(OCC(C)C)c(Cl)c2)nc1-c1cccs1. The Labute approximate surface area is 176 Å². The average molecular weight is 440 g/mol. The van der Waals surface area contributed by atoms with E-state index in [0.717, 1.165) is 26.1 Å². The van der Waals surface area contributed by atoms with Gasteiger partial charge in [-0.3, -0.25) is 5.43 Å². The molecule has 0 saturated heterocycles. The lowest BCUT2D eigenvalue weighted by atomic mass is 10.2. The van der Waals surface area contributed by atoms with Crippen molar-refractivity contribution in [2.75, 3.05) is 12.0 Å². The van der Waals surface area contributed by atoms with Gasteiger partial charge in [-0.25, -0.2) is 4.98 Å². The third kappa shape index (κ3) is 5.23. The van der Waals surface area contributed by atoms with Gasteiger partial charge in [-0.15, -0.1) is 22.7 Å². The fraction of sp³-hybridized carbons (Fsp3) is 0.263. The minimum Gasteiger partial charge on any atom is -0.490 e. The molecule has 2 heterocycles. The minimum atomic E-state index is 0.392. The Morgan fingerprint density at radius 3 is 2.67 bits per heavy atom. The molecule has 0 saturated carbocycles. The number of thiazole rings is 1. The predicted molar refractivity (Wildman–Crippen MR) is 118 cm³/mol. The minimum absolute atomic E-state index is 0.392. The van der Waals surface area contributed by atoms with Crippen LogP contribution < -0.4 is 10.2 Å². The average Bonchev–Trinajstić information content (AvgIpc) is 3.23. The molecule has 1 N–H and O–H groups in total. The monoisotopic (exact) mass is 439 g/mol. The standard InChI is InChI=1S/C19H19Cl2N3OS2/c1-11(2)10-25-18-14(20)7-13(8-15(18)21)9-22-24-19-23-17(12(3)27-19)16-5-4-6-26-16/h4-9,11H,10H2,1-3H3,(H,23,24)/b22-9-. The van der Waals surface area contributed by atoms with Crippen molar-refractivity contribution in [3.63, 3.8) is 0 Å². The van der Waals surface area contributed by atoms with Crippen molar-refractivity contribution in [3.8, 4) is 16.3 Å². The van der Waals surface area contributed by atoms with Crippen molar-refractivity contribution in [1.29, 1.82) is 0 Å². The first kappa shape index (κ1) is 20.1. The molecule has 0 aliphatic rings. The molecule has 4 nitrogen and oxygen atoms in total. The number of nitrogens with zero attached hydrogens (tertiary/aromatic N) is 2. The fourth-order valence-electron chi connectivity index (χ4n) is 2.29. The number of anilines is 1. The summed E-state index contributed by atoms with van der Waals surface area (Å²) in [6, 6.07) is 7.63. The second-order valence-corrected chi connectivity index (χ2v) is 9.25. The van der Waals surface area contributed by atoms with Crippen molar-refractivity contribution in [2.24, 2.45) is 11.0 Å². The maximum atomic E-state index is 6.29. The molecule has 0 bridgehead atoms. The first-order valence-electron chi connectivity index (χ1n) is 8.36. The van der Waals surface area contributed by atoms with E-state index >= 15 is 0 Å². The Morgan fingerprint density at radius 1 is 1.30 bits per heavy atom. The number of halogens is 2. The Balaban J connectivity index is 1.69. The van der Waals surface area contributed by atoms with Crippen LogP contribution in [0.1, 0.15) is 24.3 Å². The highest BCUT2D eigenvalue weighted by Gasteiger charge is 2.11. The van der Waals surface area contributed by atoms with E-state index in [0.29, 0.717) is 28.3 Å². The Hall–Kier alpha value is -1.60. The molecule has 0 aliphatic heterocycles. The van der Waals surface area contributed by atoms with Crippen LogP contribution >= 0.6 is 45.9 Å². The molecule has 3 rings (SSSR count). The van der Waals surface area contributed by atoms with Crippen molar-refractivity contribution < 1.29 is 4.74 Å². The third-order valence-corrected chi connectivity index (χ3v) is 5.82. The number of ether oxygens (including phenoxy) is 1. The lowest BCUT2D eigenvalue weighted by molar-refractivity contribution is 0.271. The van der Waals surface area contributed by atoms with E-state index in [9.17, 15) is 0 Å². The number of hydrogen-bond donors (Lipinski definition) is 1. The third-order valence-electron chi connectivity index (χ3n) is 3.51. The lowest BCUT2D eigenvalue weighted by Crippen LogP contribution is -2.05. The van der Waals surface area contributed by atoms with Crippen LogP contribution in [0.5, 0.6) is 5.75 Å². The number of nitrogens with one attached hydrogen (secondary N) is 1. The Morgan fingerprint density at radius 2 is 2.04 bits per heavy atom. The number of thiophene rings is 1. The number of hydrazone groups is 1. The maximum absolute atomic E-state index is 6.29. The van der Waals surface area contributed by atoms with Gasteiger partial charge in [0.05, 0.1) is 33.4 Å². The van der Waals surface area contributed by atoms with E-state index < -0.39 is 0 Å². The lowest BCUT2D eigenvalue weighted by Gasteiger charge is -2.12. The van der Waals surface area contributed by atoms with E-state index in [2.05, 4.69) is 42.3 Å². The summed E-state index contributed by atoms with van der Waals surface area (Å²) in [6.07, 6.45) is 1.66. The molecule has 3 aromatic rings. The van der Waals surface area contributed by atoms with Crippen LogP contribution in [0.15, 0.2) is 34.7 Å². The highest BCUT2D eigenvalue weighted by molar-refractivity contribution is 7.17. The van der Waals surface area contributed by atoms with E-state index in [-0.39, 0.29) is 0 Å². The first-order chi connectivity index (χ1) is 12.9. The summed E-state index contributed by atoms with van der Waals surface area (Å²) in [4.78, 5) is 6.90. The van der Waals surface area contributed by atoms with Crippen molar-refractivity contribution in [3.05, 3.63) is 50.1 Å². The predicted octanol–water partition coefficient (Wildman–Crippen LogP) is 6.97. The van der Waals surface area contributed by atoms with Crippen LogP contribution in [0, 0.1) is 12.8 Å². The van der Waals surface area contributed by atoms with Crippen molar-refractivity contribution in [2.45, 2.75) is 20.8 Å². The molecule has 2 aromatic heterocycles. The van der Waals surface area contributed by atoms with E-state index in [1.807, 2.05) is 11.4 Å². The van der Waals surface area contributed by atoms with Crippen LogP contribution in [0.2, 0.25) is 10.0 Å². The van der Waals surface area contributed by atoms with Gasteiger partial charge in [0.15, 0.2) is 5.75 Å². The van der Waals surface area contributed by atoms with Crippen molar-refractivity contribution in [1.82, 2.24) is 4.98 Å². The summed E-state index contributed by atoms with van der Waals surface area (Å²) in [5, 5.41) is 7.97. The van der Waals surface area contributed by atoms with Gasteiger partial charge in [0.2, 0.25) is 5.13 Å². The topological polar surface area (TPSA) is 46.5 Å². The van der Waals surface area contributed by atoms with Crippen LogP contribution in [0.25, 0.3) is 10.6 Å². The van der Waals surface area contributed by atoms with Crippen LogP contribution in [-0.2, 0) is 0 Å². The van der Waals surface area contributed by atoms with Gasteiger partial charge < -0.3 is 4.74 Å². The molecule has 27 heavy (non-hydrogen) atoms. The molecule has 0 spiro atoms. The molecule has 8 heteroatoms. The molecule has 1 aromatic carbocycles. The van der Waals surface area contributed by atoms with Gasteiger partial charge in [0.1, 0.15) is 0 Å². The fourth-order valence-corrected chi connectivity index (χ4v) is 4.52. The second kappa shape index (κ2) is 9.06. The van der Waals surface area contributed by atoms with Crippen LogP contribution in [-0.4, -0.2) is 17.8 Å². The zero-order chi connectivity index (χ0) is 19.4. The highest BCUT2D eigenvalue weighted by atomic mass is 35.5. The van der Waals surface area contributed by atoms with Crippen LogP contribution in [0.3, 0.4) is 0 Å². The summed E-state index contributed by atoms with van der Waals surface area (Å²) in [6.45, 7) is 6.75. The highest BCUT2D eigenvalue weighted by Crippen LogP contribution is 2.35. The normalized spacial score (nSPS) is 11.5. The summed E-state index contributed by atoms with van der Waals surface area (Å²) in [5.41, 5.74) is 4.74. The molecule has 0 radical (unpaired) electrons. The van der Waals surface area contributed by atoms with E-state index in [4.69, 9.17) is 27.9 Å². The van der Waals surface area contributed by atoms with Gasteiger partial charge in [0, 0.05) is 4.88 Å². The number of aromatic nitrogens is 1. The van der Waals surface area contributed by atoms with E-state index in [1.165, 1.54) is 0 Å². The van der Waals surface area contributed by atoms with E-state index in [1.54, 1.807) is 41.0 Å². The molecular formula is C19H19Cl2N3OS2.